The Morgan fingerprint density at radius 2 is 2.07 bits per heavy atom. The normalized spacial score (nSPS) is 12.0. The number of carbonyl (C=O) groups excluding carboxylic acids is 2. The van der Waals surface area contributed by atoms with Crippen LogP contribution in [0.4, 0.5) is 5.82 Å². The smallest absolute Gasteiger partial charge is 0.306 e. The molecule has 9 heteroatoms. The molecule has 3 aromatic rings. The molecular weight excluding hydrogens is 421 g/mol. The maximum atomic E-state index is 12.2. The highest BCUT2D eigenvalue weighted by atomic mass is 35.5. The molecule has 0 radical (unpaired) electrons. The third kappa shape index (κ3) is 5.41. The molecule has 3 rings (SSSR count). The predicted octanol–water partition coefficient (Wildman–Crippen LogP) is 4.89. The number of aryl methyl sites for hydroxylation is 1. The van der Waals surface area contributed by atoms with Crippen molar-refractivity contribution in [3.8, 4) is 0 Å². The lowest BCUT2D eigenvalue weighted by atomic mass is 10.2. The first-order chi connectivity index (χ1) is 13.4. The molecule has 2 heterocycles. The topological polar surface area (TPSA) is 81.2 Å². The van der Waals surface area contributed by atoms with Crippen LogP contribution in [0.1, 0.15) is 24.8 Å². The standard InChI is InChI=1S/C19H17Cl2N3O3S/c1-11(19(26)24-18-13(21)9-12(20)10-22-18)27-17(25)8-4-7-16-23-14-5-2-3-6-15(14)28-16/h2-3,5-6,9-11H,4,7-8H2,1H3,(H,22,24,26). The molecule has 0 saturated heterocycles. The first kappa shape index (κ1) is 20.5. The molecule has 0 saturated carbocycles. The van der Waals surface area contributed by atoms with E-state index in [1.165, 1.54) is 19.2 Å². The summed E-state index contributed by atoms with van der Waals surface area (Å²) < 4.78 is 6.30. The minimum Gasteiger partial charge on any atom is -0.453 e. The molecule has 0 aliphatic carbocycles. The van der Waals surface area contributed by atoms with Crippen LogP contribution < -0.4 is 5.32 Å². The summed E-state index contributed by atoms with van der Waals surface area (Å²) in [6, 6.07) is 9.37. The van der Waals surface area contributed by atoms with Crippen LogP contribution in [0, 0.1) is 0 Å². The van der Waals surface area contributed by atoms with Crippen LogP contribution >= 0.6 is 34.5 Å². The van der Waals surface area contributed by atoms with Gasteiger partial charge in [0.05, 0.1) is 25.3 Å². The van der Waals surface area contributed by atoms with E-state index >= 15 is 0 Å². The van der Waals surface area contributed by atoms with Gasteiger partial charge in [-0.25, -0.2) is 9.97 Å². The highest BCUT2D eigenvalue weighted by molar-refractivity contribution is 7.18. The summed E-state index contributed by atoms with van der Waals surface area (Å²) in [5.74, 6) is -0.801. The summed E-state index contributed by atoms with van der Waals surface area (Å²) in [6.45, 7) is 1.49. The lowest BCUT2D eigenvalue weighted by molar-refractivity contribution is -0.153. The number of hydrogen-bond acceptors (Lipinski definition) is 6. The molecule has 0 aliphatic heterocycles. The molecule has 1 unspecified atom stereocenters. The average Bonchev–Trinajstić information content (AvgIpc) is 3.06. The second-order valence-electron chi connectivity index (χ2n) is 6.03. The van der Waals surface area contributed by atoms with Crippen molar-refractivity contribution in [1.29, 1.82) is 0 Å². The van der Waals surface area contributed by atoms with Crippen molar-refractivity contribution in [1.82, 2.24) is 9.97 Å². The van der Waals surface area contributed by atoms with Gasteiger partial charge < -0.3 is 10.1 Å². The molecule has 1 atom stereocenters. The SMILES string of the molecule is CC(OC(=O)CCCc1nc2ccccc2s1)C(=O)Nc1ncc(Cl)cc1Cl. The Hall–Kier alpha value is -2.22. The fraction of sp³-hybridized carbons (Fsp3) is 0.263. The van der Waals surface area contributed by atoms with E-state index in [1.807, 2.05) is 24.3 Å². The lowest BCUT2D eigenvalue weighted by Gasteiger charge is -2.13. The first-order valence-electron chi connectivity index (χ1n) is 8.58. The van der Waals surface area contributed by atoms with Crippen LogP contribution in [0.25, 0.3) is 10.2 Å². The van der Waals surface area contributed by atoms with E-state index in [9.17, 15) is 9.59 Å². The van der Waals surface area contributed by atoms with E-state index in [0.717, 1.165) is 15.2 Å². The maximum absolute atomic E-state index is 12.2. The van der Waals surface area contributed by atoms with Gasteiger partial charge in [0.15, 0.2) is 11.9 Å². The number of esters is 1. The number of thiazole rings is 1. The van der Waals surface area contributed by atoms with Crippen molar-refractivity contribution in [2.45, 2.75) is 32.3 Å². The number of anilines is 1. The molecule has 0 bridgehead atoms. The van der Waals surface area contributed by atoms with Gasteiger partial charge in [-0.05, 0) is 38.0 Å². The Labute approximate surface area is 175 Å². The second kappa shape index (κ2) is 9.32. The van der Waals surface area contributed by atoms with Crippen LogP contribution in [-0.4, -0.2) is 27.9 Å². The number of carbonyl (C=O) groups is 2. The van der Waals surface area contributed by atoms with Gasteiger partial charge in [-0.15, -0.1) is 11.3 Å². The Balaban J connectivity index is 1.45. The molecule has 1 aromatic carbocycles. The van der Waals surface area contributed by atoms with E-state index in [4.69, 9.17) is 27.9 Å². The lowest BCUT2D eigenvalue weighted by Crippen LogP contribution is -2.30. The van der Waals surface area contributed by atoms with Crippen LogP contribution in [0.5, 0.6) is 0 Å². The van der Waals surface area contributed by atoms with Crippen LogP contribution in [0.15, 0.2) is 36.5 Å². The number of hydrogen-bond donors (Lipinski definition) is 1. The summed E-state index contributed by atoms with van der Waals surface area (Å²) in [6.07, 6.45) is 1.87. The summed E-state index contributed by atoms with van der Waals surface area (Å²) in [5, 5.41) is 4.05. The van der Waals surface area contributed by atoms with Crippen LogP contribution in [0.2, 0.25) is 10.0 Å². The van der Waals surface area contributed by atoms with Crippen LogP contribution in [0.3, 0.4) is 0 Å². The zero-order valence-electron chi connectivity index (χ0n) is 14.9. The van der Waals surface area contributed by atoms with Crippen molar-refractivity contribution in [3.05, 3.63) is 51.6 Å². The van der Waals surface area contributed by atoms with Gasteiger partial charge >= 0.3 is 5.97 Å². The van der Waals surface area contributed by atoms with Gasteiger partial charge in [0.2, 0.25) is 0 Å². The predicted molar refractivity (Wildman–Crippen MR) is 111 cm³/mol. The Bertz CT molecular complexity index is 976. The monoisotopic (exact) mass is 437 g/mol. The van der Waals surface area contributed by atoms with E-state index in [2.05, 4.69) is 15.3 Å². The van der Waals surface area contributed by atoms with Gasteiger partial charge in [0.1, 0.15) is 0 Å². The molecule has 1 amide bonds. The number of benzene rings is 1. The number of ether oxygens (including phenoxy) is 1. The highest BCUT2D eigenvalue weighted by Gasteiger charge is 2.19. The molecule has 28 heavy (non-hydrogen) atoms. The Kier molecular flexibility index (Phi) is 6.83. The van der Waals surface area contributed by atoms with Crippen molar-refractivity contribution < 1.29 is 14.3 Å². The van der Waals surface area contributed by atoms with E-state index in [-0.39, 0.29) is 17.3 Å². The Morgan fingerprint density at radius 1 is 1.29 bits per heavy atom. The molecule has 1 N–H and O–H groups in total. The molecule has 0 spiro atoms. The van der Waals surface area contributed by atoms with Crippen LogP contribution in [-0.2, 0) is 20.7 Å². The molecule has 6 nitrogen and oxygen atoms in total. The number of aromatic nitrogens is 2. The average molecular weight is 438 g/mol. The third-order valence-corrected chi connectivity index (χ3v) is 5.43. The largest absolute Gasteiger partial charge is 0.453 e. The second-order valence-corrected chi connectivity index (χ2v) is 7.99. The van der Waals surface area contributed by atoms with Gasteiger partial charge in [0, 0.05) is 12.6 Å². The van der Waals surface area contributed by atoms with Crippen molar-refractivity contribution in [3.63, 3.8) is 0 Å². The van der Waals surface area contributed by atoms with Gasteiger partial charge in [-0.2, -0.15) is 0 Å². The van der Waals surface area contributed by atoms with Crippen molar-refractivity contribution in [2.24, 2.45) is 0 Å². The van der Waals surface area contributed by atoms with E-state index in [0.29, 0.717) is 17.9 Å². The Morgan fingerprint density at radius 3 is 2.82 bits per heavy atom. The van der Waals surface area contributed by atoms with Gasteiger partial charge in [0.25, 0.3) is 5.91 Å². The molecule has 146 valence electrons. The molecule has 2 aromatic heterocycles. The number of pyridine rings is 1. The number of nitrogens with one attached hydrogen (secondary N) is 1. The fourth-order valence-electron chi connectivity index (χ4n) is 2.45. The number of rotatable bonds is 7. The zero-order valence-corrected chi connectivity index (χ0v) is 17.3. The number of nitrogens with zero attached hydrogens (tertiary/aromatic N) is 2. The summed E-state index contributed by atoms with van der Waals surface area (Å²) in [4.78, 5) is 32.6. The maximum Gasteiger partial charge on any atom is 0.306 e. The van der Waals surface area contributed by atoms with Gasteiger partial charge in [-0.3, -0.25) is 9.59 Å². The van der Waals surface area contributed by atoms with Gasteiger partial charge in [-0.1, -0.05) is 35.3 Å². The number of para-hydroxylation sites is 1. The fourth-order valence-corrected chi connectivity index (χ4v) is 3.88. The number of fused-ring (bicyclic) bond motifs is 1. The number of halogens is 2. The quantitative estimate of drug-likeness (QED) is 0.531. The summed E-state index contributed by atoms with van der Waals surface area (Å²) in [7, 11) is 0. The minimum atomic E-state index is -0.969. The minimum absolute atomic E-state index is 0.162. The molecule has 0 fully saturated rings. The highest BCUT2D eigenvalue weighted by Crippen LogP contribution is 2.24. The van der Waals surface area contributed by atoms with E-state index in [1.54, 1.807) is 11.3 Å². The number of amides is 1. The summed E-state index contributed by atoms with van der Waals surface area (Å²) >= 11 is 13.3. The van der Waals surface area contributed by atoms with E-state index < -0.39 is 18.0 Å². The zero-order chi connectivity index (χ0) is 20.1. The molecule has 0 aliphatic rings. The van der Waals surface area contributed by atoms with Crippen molar-refractivity contribution in [2.75, 3.05) is 5.32 Å². The summed E-state index contributed by atoms with van der Waals surface area (Å²) in [5.41, 5.74) is 0.963. The molecular formula is C19H17Cl2N3O3S. The first-order valence-corrected chi connectivity index (χ1v) is 10.2. The van der Waals surface area contributed by atoms with Crippen molar-refractivity contribution >= 4 is 62.4 Å². The third-order valence-electron chi connectivity index (χ3n) is 3.84.